The molecule has 3 atom stereocenters. The van der Waals surface area contributed by atoms with Crippen molar-refractivity contribution in [2.45, 2.75) is 252 Å². The minimum atomic E-state index is -0.178. The Kier molecular flexibility index (Phi) is 33.3. The Bertz CT molecular complexity index is 3770. The van der Waals surface area contributed by atoms with Crippen LogP contribution in [0.25, 0.3) is 10.1 Å². The highest BCUT2D eigenvalue weighted by molar-refractivity contribution is 7.13. The second kappa shape index (κ2) is 37.7. The molecule has 8 aromatic rings. The minimum absolute atomic E-state index is 0.0231. The van der Waals surface area contributed by atoms with Crippen LogP contribution in [-0.4, -0.2) is 78.8 Å². The quantitative estimate of drug-likeness (QED) is 0.0902. The standard InChI is InChI=1S/C11H13NOS.C9H16N2.C9H18O.2C8H10ClN.C8H10N2O.2C7H9N3O.C7H12N2S/c1-11(2,3)12-10(13)8-6-4-5-7-9(8)14-12;1-9(2,3)8-4-5-11(6-8)7-10;1-6(2)7-8(10-7)9(3,4)5;1-6(2)7-5-10-4-3-8(7)9;1-6(2)7-3-4-8(9)10-5-7;1-8(2,3)6-5-10-7(4-9)11-6;1-7(2,3)6-10-9-5(4-8)11-6;1-7(2,3)6-9-5(4-8)11-10-6;1-5-8-6(9-10-5)7(2,3)4/h4-7H,1-3H3;8H,4-6H2,1-3H3;6-8H,1-5H3;2*3-6H,1-2H3;5H,1-3H3;2*1-3H3;1-4H3. The summed E-state index contributed by atoms with van der Waals surface area (Å²) < 4.78 is 27.4. The third-order valence-electron chi connectivity index (χ3n) is 14.4. The third-order valence-corrected chi connectivity index (χ3v) is 17.1. The van der Waals surface area contributed by atoms with Crippen LogP contribution in [0.15, 0.2) is 85.4 Å². The Hall–Kier alpha value is -7.44. The molecule has 0 N–H and O–H groups in total. The normalized spacial score (nSPS) is 15.0. The fourth-order valence-corrected chi connectivity index (χ4v) is 10.4. The van der Waals surface area contributed by atoms with Gasteiger partial charge in [0.2, 0.25) is 5.89 Å². The van der Waals surface area contributed by atoms with Crippen molar-refractivity contribution in [3.63, 3.8) is 0 Å². The molecule has 20 nitrogen and oxygen atoms in total. The van der Waals surface area contributed by atoms with Gasteiger partial charge in [0.25, 0.3) is 5.56 Å². The van der Waals surface area contributed by atoms with Crippen molar-refractivity contribution in [1.29, 1.82) is 21.0 Å². The predicted octanol–water partition coefficient (Wildman–Crippen LogP) is 19.3. The van der Waals surface area contributed by atoms with Crippen LogP contribution in [0.2, 0.25) is 10.2 Å². The zero-order chi connectivity index (χ0) is 75.1. The van der Waals surface area contributed by atoms with Crippen LogP contribution in [0.4, 0.5) is 0 Å². The van der Waals surface area contributed by atoms with Gasteiger partial charge in [0, 0.05) is 58.4 Å². The summed E-state index contributed by atoms with van der Waals surface area (Å²) >= 11 is 14.5. The zero-order valence-electron chi connectivity index (χ0n) is 63.3. The molecule has 0 saturated carbocycles. The van der Waals surface area contributed by atoms with Gasteiger partial charge in [-0.05, 0) is 116 Å². The van der Waals surface area contributed by atoms with E-state index in [2.05, 4.69) is 159 Å². The number of nitriles is 4. The molecule has 3 unspecified atom stereocenters. The lowest BCUT2D eigenvalue weighted by Crippen LogP contribution is -2.29. The van der Waals surface area contributed by atoms with E-state index in [1.807, 2.05) is 160 Å². The van der Waals surface area contributed by atoms with Crippen molar-refractivity contribution in [2.24, 2.45) is 22.7 Å². The number of halogens is 2. The maximum Gasteiger partial charge on any atom is 0.329 e. The number of rotatable bonds is 3. The molecule has 0 amide bonds. The van der Waals surface area contributed by atoms with E-state index in [0.29, 0.717) is 63.6 Å². The third kappa shape index (κ3) is 30.4. The molecule has 0 spiro atoms. The van der Waals surface area contributed by atoms with E-state index in [1.54, 1.807) is 24.5 Å². The molecule has 2 saturated heterocycles. The number of fused-ring (bicyclic) bond motifs is 1. The van der Waals surface area contributed by atoms with Crippen LogP contribution in [0.5, 0.6) is 0 Å². The number of ether oxygens (including phenoxy) is 1. The van der Waals surface area contributed by atoms with Gasteiger partial charge in [0.1, 0.15) is 21.7 Å². The fourth-order valence-electron chi connectivity index (χ4n) is 8.26. The number of hydrogen-bond acceptors (Lipinski definition) is 21. The predicted molar refractivity (Wildman–Crippen MR) is 394 cm³/mol. The van der Waals surface area contributed by atoms with E-state index in [-0.39, 0.29) is 50.4 Å². The summed E-state index contributed by atoms with van der Waals surface area (Å²) in [6.07, 6.45) is 11.3. The van der Waals surface area contributed by atoms with E-state index in [9.17, 15) is 4.79 Å². The highest BCUT2D eigenvalue weighted by atomic mass is 35.5. The number of pyridine rings is 2. The molecule has 534 valence electrons. The lowest BCUT2D eigenvalue weighted by Gasteiger charge is -2.25. The van der Waals surface area contributed by atoms with Crippen LogP contribution >= 0.6 is 46.3 Å². The van der Waals surface area contributed by atoms with Crippen LogP contribution in [0.3, 0.4) is 0 Å². The molecular formula is C74H107Cl2N15O5S2. The lowest BCUT2D eigenvalue weighted by atomic mass is 9.80. The van der Waals surface area contributed by atoms with Gasteiger partial charge in [-0.25, -0.2) is 15.0 Å². The maximum atomic E-state index is 11.9. The summed E-state index contributed by atoms with van der Waals surface area (Å²) in [7, 11) is 0. The van der Waals surface area contributed by atoms with E-state index >= 15 is 0 Å². The first-order chi connectivity index (χ1) is 45.0. The largest absolute Gasteiger partial charge is 0.433 e. The Labute approximate surface area is 601 Å². The highest BCUT2D eigenvalue weighted by Crippen LogP contribution is 2.41. The van der Waals surface area contributed by atoms with Crippen LogP contribution < -0.4 is 5.56 Å². The molecule has 2 aliphatic heterocycles. The second-order valence-corrected chi connectivity index (χ2v) is 34.6. The molecule has 98 heavy (non-hydrogen) atoms. The van der Waals surface area contributed by atoms with Gasteiger partial charge >= 0.3 is 17.7 Å². The first-order valence-corrected chi connectivity index (χ1v) is 35.1. The van der Waals surface area contributed by atoms with Crippen LogP contribution in [0, 0.1) is 75.0 Å². The molecule has 1 aromatic carbocycles. The first-order valence-electron chi connectivity index (χ1n) is 32.8. The minimum Gasteiger partial charge on any atom is -0.433 e. The molecule has 2 fully saturated rings. The van der Waals surface area contributed by atoms with Gasteiger partial charge in [-0.15, -0.1) is 5.10 Å². The van der Waals surface area contributed by atoms with Gasteiger partial charge in [0.05, 0.1) is 34.0 Å². The highest BCUT2D eigenvalue weighted by Gasteiger charge is 2.48. The van der Waals surface area contributed by atoms with E-state index in [0.717, 1.165) is 50.4 Å². The summed E-state index contributed by atoms with van der Waals surface area (Å²) in [5, 5.41) is 47.9. The molecule has 0 bridgehead atoms. The van der Waals surface area contributed by atoms with Crippen molar-refractivity contribution in [2.75, 3.05) is 13.1 Å². The SMILES string of the molecule is CC(C)(C)C1CCN(C#N)C1.CC(C)(C)c1cnc(C#N)o1.CC(C)(C)c1nnc(C#N)o1.CC(C)(C)c1noc(C#N)n1.CC(C)(C)n1sc2ccccc2c1=O.CC(C)C1OC1C(C)(C)C.CC(C)c1ccc(Cl)nc1.CC(C)c1cnccc1Cl.Cc1nc(C(C)(C)C)ns1. The Morgan fingerprint density at radius 3 is 1.56 bits per heavy atom. The van der Waals surface area contributed by atoms with Crippen molar-refractivity contribution < 1.29 is 18.1 Å². The average molecular weight is 1420 g/mol. The van der Waals surface area contributed by atoms with Gasteiger partial charge in [-0.3, -0.25) is 13.7 Å². The summed E-state index contributed by atoms with van der Waals surface area (Å²) in [4.78, 5) is 33.7. The molecule has 7 aromatic heterocycles. The zero-order valence-corrected chi connectivity index (χ0v) is 66.4. The van der Waals surface area contributed by atoms with E-state index in [4.69, 9.17) is 57.8 Å². The number of likely N-dealkylation sites (tertiary alicyclic amines) is 1. The fraction of sp³-hybridized carbons (Fsp3) is 0.595. The summed E-state index contributed by atoms with van der Waals surface area (Å²) in [6, 6.07) is 18.8. The topological polar surface area (TPSA) is 288 Å². The molecule has 0 radical (unpaired) electrons. The molecule has 2 aliphatic rings. The molecule has 24 heteroatoms. The second-order valence-electron chi connectivity index (χ2n) is 31.8. The van der Waals surface area contributed by atoms with Gasteiger partial charge in [-0.1, -0.05) is 229 Å². The summed E-state index contributed by atoms with van der Waals surface area (Å²) in [5.74, 6) is 5.31. The number of nitrogens with zero attached hydrogens (tertiary/aromatic N) is 15. The number of aryl methyl sites for hydroxylation is 1. The molecule has 0 aliphatic carbocycles. The number of benzene rings is 1. The van der Waals surface area contributed by atoms with E-state index < -0.39 is 0 Å². The monoisotopic (exact) mass is 1420 g/mol. The average Bonchev–Trinajstić information content (AvgIpc) is 1.64. The Morgan fingerprint density at radius 1 is 0.643 bits per heavy atom. The smallest absolute Gasteiger partial charge is 0.329 e. The maximum absolute atomic E-state index is 11.9. The van der Waals surface area contributed by atoms with Crippen LogP contribution in [-0.2, 0) is 31.9 Å². The Balaban J connectivity index is 0.000000376. The summed E-state index contributed by atoms with van der Waals surface area (Å²) in [6.45, 7) is 60.5. The van der Waals surface area contributed by atoms with Crippen molar-refractivity contribution in [1.82, 2.24) is 53.5 Å². The molecular weight excluding hydrogens is 1310 g/mol. The van der Waals surface area contributed by atoms with Crippen molar-refractivity contribution in [3.05, 3.63) is 145 Å². The molecule has 9 heterocycles. The van der Waals surface area contributed by atoms with E-state index in [1.165, 1.54) is 35.0 Å². The number of hydrogen-bond donors (Lipinski definition) is 0. The number of epoxide rings is 1. The lowest BCUT2D eigenvalue weighted by molar-refractivity contribution is 0.248. The molecule has 10 rings (SSSR count). The van der Waals surface area contributed by atoms with Gasteiger partial charge in [0.15, 0.2) is 30.2 Å². The number of oxazole rings is 1. The van der Waals surface area contributed by atoms with Crippen LogP contribution in [0.1, 0.15) is 262 Å². The number of aromatic nitrogens is 10. The van der Waals surface area contributed by atoms with Gasteiger partial charge < -0.3 is 23.0 Å². The Morgan fingerprint density at radius 2 is 1.24 bits per heavy atom. The summed E-state index contributed by atoms with van der Waals surface area (Å²) in [5.41, 5.74) is 2.75. The van der Waals surface area contributed by atoms with Gasteiger partial charge in [-0.2, -0.15) is 30.4 Å². The van der Waals surface area contributed by atoms with Crippen molar-refractivity contribution >= 4 is 56.4 Å². The van der Waals surface area contributed by atoms with Crippen molar-refractivity contribution in [3.8, 4) is 24.4 Å². The first kappa shape index (κ1) is 86.6.